The standard InChI is InChI=1S/C21H19N5OS/c1-27-17-11-9-16(10-12-17)18-14-23-20-24-21(25-26(20)19(18)22)28-13-5-8-15-6-3-2-4-7-15/h2-12,14H,13,22H2,1H3. The van der Waals surface area contributed by atoms with Crippen molar-refractivity contribution < 1.29 is 4.74 Å². The molecule has 7 heteroatoms. The van der Waals surface area contributed by atoms with Crippen LogP contribution >= 0.6 is 11.8 Å². The Hall–Kier alpha value is -3.32. The van der Waals surface area contributed by atoms with Gasteiger partial charge < -0.3 is 10.5 Å². The van der Waals surface area contributed by atoms with E-state index in [0.29, 0.717) is 16.8 Å². The van der Waals surface area contributed by atoms with Crippen LogP contribution < -0.4 is 10.5 Å². The number of fused-ring (bicyclic) bond motifs is 1. The lowest BCUT2D eigenvalue weighted by molar-refractivity contribution is 0.415. The summed E-state index contributed by atoms with van der Waals surface area (Å²) in [6.07, 6.45) is 5.90. The average molecular weight is 389 g/mol. The first-order valence-electron chi connectivity index (χ1n) is 8.74. The molecule has 0 atom stereocenters. The number of anilines is 1. The Balaban J connectivity index is 1.52. The first kappa shape index (κ1) is 18.1. The van der Waals surface area contributed by atoms with Gasteiger partial charge in [0.25, 0.3) is 5.78 Å². The zero-order valence-electron chi connectivity index (χ0n) is 15.3. The molecule has 0 aliphatic carbocycles. The number of hydrogen-bond donors (Lipinski definition) is 1. The Kier molecular flexibility index (Phi) is 5.25. The second-order valence-corrected chi connectivity index (χ2v) is 7.00. The van der Waals surface area contributed by atoms with Gasteiger partial charge in [-0.15, -0.1) is 5.10 Å². The van der Waals surface area contributed by atoms with Crippen molar-refractivity contribution >= 4 is 29.4 Å². The Labute approximate surface area is 167 Å². The van der Waals surface area contributed by atoms with Crippen molar-refractivity contribution in [2.45, 2.75) is 5.16 Å². The predicted molar refractivity (Wildman–Crippen MR) is 113 cm³/mol. The fourth-order valence-corrected chi connectivity index (χ4v) is 3.39. The average Bonchev–Trinajstić information content (AvgIpc) is 3.16. The molecule has 0 radical (unpaired) electrons. The maximum absolute atomic E-state index is 6.33. The van der Waals surface area contributed by atoms with Crippen molar-refractivity contribution in [2.24, 2.45) is 0 Å². The summed E-state index contributed by atoms with van der Waals surface area (Å²) in [6, 6.07) is 17.8. The molecule has 0 spiro atoms. The molecule has 140 valence electrons. The summed E-state index contributed by atoms with van der Waals surface area (Å²) in [5.41, 5.74) is 9.25. The van der Waals surface area contributed by atoms with E-state index in [-0.39, 0.29) is 0 Å². The van der Waals surface area contributed by atoms with Gasteiger partial charge in [-0.25, -0.2) is 4.98 Å². The van der Waals surface area contributed by atoms with E-state index < -0.39 is 0 Å². The van der Waals surface area contributed by atoms with Crippen molar-refractivity contribution in [3.8, 4) is 16.9 Å². The van der Waals surface area contributed by atoms with E-state index in [1.165, 1.54) is 17.3 Å². The third-order valence-electron chi connectivity index (χ3n) is 4.20. The van der Waals surface area contributed by atoms with Crippen molar-refractivity contribution in [1.82, 2.24) is 19.6 Å². The van der Waals surface area contributed by atoms with E-state index >= 15 is 0 Å². The fraction of sp³-hybridized carbons (Fsp3) is 0.0952. The molecule has 0 bridgehead atoms. The van der Waals surface area contributed by atoms with Crippen molar-refractivity contribution in [1.29, 1.82) is 0 Å². The number of aromatic nitrogens is 4. The van der Waals surface area contributed by atoms with E-state index in [0.717, 1.165) is 22.6 Å². The molecule has 4 aromatic rings. The topological polar surface area (TPSA) is 78.3 Å². The van der Waals surface area contributed by atoms with E-state index in [9.17, 15) is 0 Å². The molecular formula is C21H19N5OS. The predicted octanol–water partition coefficient (Wildman–Crippen LogP) is 4.19. The van der Waals surface area contributed by atoms with Crippen LogP contribution in [0.5, 0.6) is 5.75 Å². The molecule has 0 aliphatic heterocycles. The Morgan fingerprint density at radius 3 is 2.64 bits per heavy atom. The van der Waals surface area contributed by atoms with Gasteiger partial charge in [-0.2, -0.15) is 9.50 Å². The van der Waals surface area contributed by atoms with Crippen molar-refractivity contribution in [3.63, 3.8) is 0 Å². The maximum Gasteiger partial charge on any atom is 0.255 e. The SMILES string of the molecule is COc1ccc(-c2cnc3nc(SCC=Cc4ccccc4)nn3c2N)cc1. The normalized spacial score (nSPS) is 11.3. The number of nitrogen functional groups attached to an aromatic ring is 1. The number of nitrogens with zero attached hydrogens (tertiary/aromatic N) is 4. The molecule has 0 saturated heterocycles. The first-order valence-corrected chi connectivity index (χ1v) is 9.73. The van der Waals surface area contributed by atoms with Gasteiger partial charge in [0.05, 0.1) is 7.11 Å². The van der Waals surface area contributed by atoms with E-state index in [1.807, 2.05) is 42.5 Å². The molecule has 2 aromatic heterocycles. The summed E-state index contributed by atoms with van der Waals surface area (Å²) in [7, 11) is 1.64. The van der Waals surface area contributed by atoms with Gasteiger partial charge in [-0.05, 0) is 23.3 Å². The molecule has 28 heavy (non-hydrogen) atoms. The quantitative estimate of drug-likeness (QED) is 0.498. The largest absolute Gasteiger partial charge is 0.497 e. The van der Waals surface area contributed by atoms with Crippen LogP contribution in [0.4, 0.5) is 5.82 Å². The summed E-state index contributed by atoms with van der Waals surface area (Å²) in [5.74, 6) is 2.55. The molecule has 0 fully saturated rings. The highest BCUT2D eigenvalue weighted by Crippen LogP contribution is 2.27. The molecule has 2 aromatic carbocycles. The molecule has 4 rings (SSSR count). The minimum atomic E-state index is 0.490. The van der Waals surface area contributed by atoms with Crippen LogP contribution in [0.15, 0.2) is 72.0 Å². The lowest BCUT2D eigenvalue weighted by atomic mass is 10.1. The van der Waals surface area contributed by atoms with Gasteiger partial charge in [-0.3, -0.25) is 0 Å². The number of ether oxygens (including phenoxy) is 1. The van der Waals surface area contributed by atoms with E-state index in [2.05, 4.69) is 39.4 Å². The molecular weight excluding hydrogens is 370 g/mol. The molecule has 0 amide bonds. The number of benzene rings is 2. The highest BCUT2D eigenvalue weighted by atomic mass is 32.2. The van der Waals surface area contributed by atoms with Gasteiger partial charge in [0, 0.05) is 17.5 Å². The maximum atomic E-state index is 6.33. The fourth-order valence-electron chi connectivity index (χ4n) is 2.76. The van der Waals surface area contributed by atoms with Gasteiger partial charge in [0.2, 0.25) is 5.16 Å². The summed E-state index contributed by atoms with van der Waals surface area (Å²) < 4.78 is 6.79. The zero-order chi connectivity index (χ0) is 19.3. The lowest BCUT2D eigenvalue weighted by Crippen LogP contribution is -2.02. The Bertz CT molecular complexity index is 1110. The minimum Gasteiger partial charge on any atom is -0.497 e. The molecule has 2 N–H and O–H groups in total. The first-order chi connectivity index (χ1) is 13.7. The van der Waals surface area contributed by atoms with Crippen LogP contribution in [-0.4, -0.2) is 32.4 Å². The molecule has 0 saturated carbocycles. The highest BCUT2D eigenvalue weighted by Gasteiger charge is 2.12. The second-order valence-electron chi connectivity index (χ2n) is 6.02. The number of methoxy groups -OCH3 is 1. The van der Waals surface area contributed by atoms with Gasteiger partial charge >= 0.3 is 0 Å². The number of nitrogens with two attached hydrogens (primary N) is 1. The minimum absolute atomic E-state index is 0.490. The Morgan fingerprint density at radius 2 is 1.89 bits per heavy atom. The zero-order valence-corrected chi connectivity index (χ0v) is 16.1. The van der Waals surface area contributed by atoms with E-state index in [4.69, 9.17) is 10.5 Å². The molecule has 0 aliphatic rings. The number of hydrogen-bond acceptors (Lipinski definition) is 6. The van der Waals surface area contributed by atoms with Crippen LogP contribution in [-0.2, 0) is 0 Å². The van der Waals surface area contributed by atoms with Gasteiger partial charge in [0.1, 0.15) is 11.6 Å². The van der Waals surface area contributed by atoms with Crippen LogP contribution in [0, 0.1) is 0 Å². The summed E-state index contributed by atoms with van der Waals surface area (Å²) in [5, 5.41) is 5.14. The van der Waals surface area contributed by atoms with E-state index in [1.54, 1.807) is 17.8 Å². The summed E-state index contributed by atoms with van der Waals surface area (Å²) in [4.78, 5) is 8.85. The molecule has 0 unspecified atom stereocenters. The van der Waals surface area contributed by atoms with Gasteiger partial charge in [0.15, 0.2) is 0 Å². The molecule has 2 heterocycles. The van der Waals surface area contributed by atoms with Crippen LogP contribution in [0.1, 0.15) is 5.56 Å². The number of thioether (sulfide) groups is 1. The van der Waals surface area contributed by atoms with Crippen molar-refractivity contribution in [3.05, 3.63) is 72.4 Å². The van der Waals surface area contributed by atoms with Gasteiger partial charge in [-0.1, -0.05) is 66.4 Å². The lowest BCUT2D eigenvalue weighted by Gasteiger charge is -2.07. The highest BCUT2D eigenvalue weighted by molar-refractivity contribution is 7.99. The molecule has 6 nitrogen and oxygen atoms in total. The summed E-state index contributed by atoms with van der Waals surface area (Å²) in [6.45, 7) is 0. The third kappa shape index (κ3) is 3.84. The van der Waals surface area contributed by atoms with Crippen LogP contribution in [0.2, 0.25) is 0 Å². The Morgan fingerprint density at radius 1 is 1.11 bits per heavy atom. The monoisotopic (exact) mass is 389 g/mol. The second kappa shape index (κ2) is 8.14. The van der Waals surface area contributed by atoms with Crippen LogP contribution in [0.25, 0.3) is 23.0 Å². The van der Waals surface area contributed by atoms with Crippen molar-refractivity contribution in [2.75, 3.05) is 18.6 Å². The third-order valence-corrected chi connectivity index (χ3v) is 4.99. The van der Waals surface area contributed by atoms with Crippen LogP contribution in [0.3, 0.4) is 0 Å². The smallest absolute Gasteiger partial charge is 0.255 e. The number of rotatable bonds is 6. The summed E-state index contributed by atoms with van der Waals surface area (Å²) >= 11 is 1.54.